The number of nitrogens with one attached hydrogen (secondary N) is 1. The summed E-state index contributed by atoms with van der Waals surface area (Å²) in [6.07, 6.45) is 2.51. The van der Waals surface area contributed by atoms with Crippen molar-refractivity contribution < 1.29 is 14.3 Å². The highest BCUT2D eigenvalue weighted by Gasteiger charge is 2.41. The topological polar surface area (TPSA) is 47.6 Å². The van der Waals surface area contributed by atoms with Gasteiger partial charge in [-0.25, -0.2) is 0 Å². The summed E-state index contributed by atoms with van der Waals surface area (Å²) in [5.74, 6) is 0.901. The average molecular weight is 367 g/mol. The van der Waals surface area contributed by atoms with Crippen molar-refractivity contribution in [1.29, 1.82) is 0 Å². The molecular weight excluding hydrogens is 338 g/mol. The van der Waals surface area contributed by atoms with Gasteiger partial charge in [-0.1, -0.05) is 37.3 Å². The highest BCUT2D eigenvalue weighted by Crippen LogP contribution is 2.36. The van der Waals surface area contributed by atoms with Gasteiger partial charge in [0.05, 0.1) is 11.5 Å². The highest BCUT2D eigenvalue weighted by molar-refractivity contribution is 5.99. The van der Waals surface area contributed by atoms with E-state index in [9.17, 15) is 4.79 Å². The van der Waals surface area contributed by atoms with Gasteiger partial charge in [-0.15, -0.1) is 0 Å². The maximum absolute atomic E-state index is 13.3. The van der Waals surface area contributed by atoms with Crippen LogP contribution in [0.25, 0.3) is 0 Å². The van der Waals surface area contributed by atoms with Crippen LogP contribution in [0.4, 0.5) is 5.69 Å². The minimum Gasteiger partial charge on any atom is -0.490 e. The summed E-state index contributed by atoms with van der Waals surface area (Å²) in [6, 6.07) is 15.9. The smallest absolute Gasteiger partial charge is 0.235 e. The summed E-state index contributed by atoms with van der Waals surface area (Å²) in [5, 5.41) is 3.14. The molecule has 0 saturated carbocycles. The third-order valence-corrected chi connectivity index (χ3v) is 5.44. The number of anilines is 1. The standard InChI is InChI=1S/C23H29NO3/c1-4-18(3)27-21-11-10-20(16-17(21)2)24-22(25)23(12-14-26-15-13-23)19-8-6-5-7-9-19/h5-11,16,18H,4,12-15H2,1-3H3,(H,24,25)/t18-/m0/s1. The van der Waals surface area contributed by atoms with Crippen molar-refractivity contribution in [1.82, 2.24) is 0 Å². The molecule has 1 heterocycles. The van der Waals surface area contributed by atoms with Crippen LogP contribution in [-0.4, -0.2) is 25.2 Å². The number of carbonyl (C=O) groups excluding carboxylic acids is 1. The van der Waals surface area contributed by atoms with E-state index in [0.717, 1.165) is 29.0 Å². The van der Waals surface area contributed by atoms with Crippen LogP contribution in [0.2, 0.25) is 0 Å². The van der Waals surface area contributed by atoms with Crippen molar-refractivity contribution in [3.05, 3.63) is 59.7 Å². The van der Waals surface area contributed by atoms with Gasteiger partial charge < -0.3 is 14.8 Å². The fraction of sp³-hybridized carbons (Fsp3) is 0.435. The first kappa shape index (κ1) is 19.4. The molecule has 0 aromatic heterocycles. The summed E-state index contributed by atoms with van der Waals surface area (Å²) in [4.78, 5) is 13.3. The number of hydrogen-bond acceptors (Lipinski definition) is 3. The van der Waals surface area contributed by atoms with E-state index in [2.05, 4.69) is 19.2 Å². The van der Waals surface area contributed by atoms with E-state index < -0.39 is 5.41 Å². The largest absolute Gasteiger partial charge is 0.490 e. The van der Waals surface area contributed by atoms with Gasteiger partial charge in [-0.05, 0) is 62.4 Å². The molecule has 0 radical (unpaired) electrons. The Morgan fingerprint density at radius 2 is 1.89 bits per heavy atom. The molecule has 1 amide bonds. The van der Waals surface area contributed by atoms with Crippen LogP contribution in [0.3, 0.4) is 0 Å². The zero-order valence-corrected chi connectivity index (χ0v) is 16.5. The maximum atomic E-state index is 13.3. The van der Waals surface area contributed by atoms with Crippen molar-refractivity contribution in [3.63, 3.8) is 0 Å². The predicted octanol–water partition coefficient (Wildman–Crippen LogP) is 4.86. The van der Waals surface area contributed by atoms with Gasteiger partial charge in [0.15, 0.2) is 0 Å². The lowest BCUT2D eigenvalue weighted by atomic mass is 9.73. The first-order valence-electron chi connectivity index (χ1n) is 9.77. The first-order valence-corrected chi connectivity index (χ1v) is 9.77. The van der Waals surface area contributed by atoms with Crippen LogP contribution in [-0.2, 0) is 14.9 Å². The number of ether oxygens (including phenoxy) is 2. The Kier molecular flexibility index (Phi) is 6.17. The minimum absolute atomic E-state index is 0.0343. The van der Waals surface area contributed by atoms with Crippen LogP contribution >= 0.6 is 0 Å². The summed E-state index contributed by atoms with van der Waals surface area (Å²) < 4.78 is 11.5. The van der Waals surface area contributed by atoms with E-state index in [-0.39, 0.29) is 12.0 Å². The molecule has 0 spiro atoms. The molecule has 2 aromatic carbocycles. The lowest BCUT2D eigenvalue weighted by molar-refractivity contribution is -0.125. The zero-order chi connectivity index (χ0) is 19.3. The molecule has 1 N–H and O–H groups in total. The number of carbonyl (C=O) groups is 1. The molecule has 3 rings (SSSR count). The van der Waals surface area contributed by atoms with Crippen LogP contribution in [0.5, 0.6) is 5.75 Å². The molecule has 4 heteroatoms. The Hall–Kier alpha value is -2.33. The SMILES string of the molecule is CC[C@H](C)Oc1ccc(NC(=O)C2(c3ccccc3)CCOCC2)cc1C. The molecule has 1 aliphatic rings. The van der Waals surface area contributed by atoms with Crippen molar-refractivity contribution in [2.24, 2.45) is 0 Å². The Bertz CT molecular complexity index is 766. The molecule has 27 heavy (non-hydrogen) atoms. The van der Waals surface area contributed by atoms with Gasteiger partial charge in [0, 0.05) is 18.9 Å². The fourth-order valence-corrected chi connectivity index (χ4v) is 3.53. The third kappa shape index (κ3) is 4.33. The summed E-state index contributed by atoms with van der Waals surface area (Å²) >= 11 is 0. The molecule has 4 nitrogen and oxygen atoms in total. The molecule has 144 valence electrons. The maximum Gasteiger partial charge on any atom is 0.235 e. The van der Waals surface area contributed by atoms with E-state index in [0.29, 0.717) is 26.1 Å². The second-order valence-electron chi connectivity index (χ2n) is 7.33. The Labute approximate surface area is 161 Å². The number of hydrogen-bond donors (Lipinski definition) is 1. The van der Waals surface area contributed by atoms with Crippen molar-refractivity contribution in [3.8, 4) is 5.75 Å². The van der Waals surface area contributed by atoms with Gasteiger partial charge >= 0.3 is 0 Å². The molecule has 0 aliphatic carbocycles. The molecule has 0 bridgehead atoms. The fourth-order valence-electron chi connectivity index (χ4n) is 3.53. The van der Waals surface area contributed by atoms with E-state index in [1.807, 2.05) is 55.5 Å². The van der Waals surface area contributed by atoms with E-state index >= 15 is 0 Å². The van der Waals surface area contributed by atoms with Gasteiger partial charge in [0.1, 0.15) is 5.75 Å². The average Bonchev–Trinajstić information content (AvgIpc) is 2.71. The molecule has 1 aliphatic heterocycles. The Morgan fingerprint density at radius 3 is 2.52 bits per heavy atom. The van der Waals surface area contributed by atoms with Gasteiger partial charge in [-0.2, -0.15) is 0 Å². The first-order chi connectivity index (χ1) is 13.0. The Morgan fingerprint density at radius 1 is 1.19 bits per heavy atom. The number of amides is 1. The van der Waals surface area contributed by atoms with Crippen LogP contribution < -0.4 is 10.1 Å². The lowest BCUT2D eigenvalue weighted by Gasteiger charge is -2.36. The van der Waals surface area contributed by atoms with Gasteiger partial charge in [-0.3, -0.25) is 4.79 Å². The van der Waals surface area contributed by atoms with Crippen LogP contribution in [0.1, 0.15) is 44.2 Å². The number of rotatable bonds is 6. The molecular formula is C23H29NO3. The Balaban J connectivity index is 1.81. The summed E-state index contributed by atoms with van der Waals surface area (Å²) in [5.41, 5.74) is 2.34. The summed E-state index contributed by atoms with van der Waals surface area (Å²) in [7, 11) is 0. The van der Waals surface area contributed by atoms with Crippen molar-refractivity contribution in [2.75, 3.05) is 18.5 Å². The molecule has 1 fully saturated rings. The molecule has 1 atom stereocenters. The number of benzene rings is 2. The second-order valence-corrected chi connectivity index (χ2v) is 7.33. The molecule has 0 unspecified atom stereocenters. The van der Waals surface area contributed by atoms with Gasteiger partial charge in [0.25, 0.3) is 0 Å². The highest BCUT2D eigenvalue weighted by atomic mass is 16.5. The quantitative estimate of drug-likeness (QED) is 0.793. The van der Waals surface area contributed by atoms with E-state index in [1.165, 1.54) is 0 Å². The zero-order valence-electron chi connectivity index (χ0n) is 16.5. The van der Waals surface area contributed by atoms with Crippen molar-refractivity contribution in [2.45, 2.75) is 51.6 Å². The monoisotopic (exact) mass is 367 g/mol. The third-order valence-electron chi connectivity index (χ3n) is 5.44. The lowest BCUT2D eigenvalue weighted by Crippen LogP contribution is -2.44. The van der Waals surface area contributed by atoms with E-state index in [4.69, 9.17) is 9.47 Å². The van der Waals surface area contributed by atoms with Crippen LogP contribution in [0.15, 0.2) is 48.5 Å². The van der Waals surface area contributed by atoms with E-state index in [1.54, 1.807) is 0 Å². The van der Waals surface area contributed by atoms with Crippen molar-refractivity contribution >= 4 is 11.6 Å². The van der Waals surface area contributed by atoms with Crippen LogP contribution in [0, 0.1) is 6.92 Å². The number of aryl methyl sites for hydroxylation is 1. The van der Waals surface area contributed by atoms with Gasteiger partial charge in [0.2, 0.25) is 5.91 Å². The second kappa shape index (κ2) is 8.57. The predicted molar refractivity (Wildman–Crippen MR) is 108 cm³/mol. The molecule has 1 saturated heterocycles. The molecule has 2 aromatic rings. The minimum atomic E-state index is -0.542. The normalized spacial score (nSPS) is 17.1. The summed E-state index contributed by atoms with van der Waals surface area (Å²) in [6.45, 7) is 7.37.